The summed E-state index contributed by atoms with van der Waals surface area (Å²) < 4.78 is 0. The molecule has 0 aliphatic heterocycles. The Balaban J connectivity index is 2.78. The lowest BCUT2D eigenvalue weighted by atomic mass is 9.79. The number of hydrogen-bond acceptors (Lipinski definition) is 3. The van der Waals surface area contributed by atoms with Gasteiger partial charge in [0.25, 0.3) is 0 Å². The van der Waals surface area contributed by atoms with Crippen molar-refractivity contribution in [2.45, 2.75) is 58.4 Å². The van der Waals surface area contributed by atoms with Gasteiger partial charge in [0.05, 0.1) is 13.0 Å². The molecule has 0 bridgehead atoms. The summed E-state index contributed by atoms with van der Waals surface area (Å²) in [7, 11) is 0. The molecular weight excluding hydrogens is 260 g/mol. The Morgan fingerprint density at radius 2 is 1.75 bits per heavy atom. The van der Waals surface area contributed by atoms with Crippen LogP contribution in [0.1, 0.15) is 52.4 Å². The van der Waals surface area contributed by atoms with Crippen molar-refractivity contribution in [1.29, 1.82) is 0 Å². The molecule has 1 fully saturated rings. The quantitative estimate of drug-likeness (QED) is 0.731. The van der Waals surface area contributed by atoms with E-state index in [1.165, 1.54) is 4.90 Å². The van der Waals surface area contributed by atoms with Gasteiger partial charge in [0.15, 0.2) is 0 Å². The van der Waals surface area contributed by atoms with E-state index in [9.17, 15) is 14.4 Å². The molecule has 0 unspecified atom stereocenters. The molecule has 6 heteroatoms. The molecule has 0 aromatic carbocycles. The number of carbonyl (C=O) groups excluding carboxylic acids is 2. The van der Waals surface area contributed by atoms with Crippen LogP contribution in [0.25, 0.3) is 0 Å². The second kappa shape index (κ2) is 6.72. The topological polar surface area (TPSA) is 101 Å². The first-order valence-corrected chi connectivity index (χ1v) is 7.05. The Bertz CT molecular complexity index is 387. The number of hydrogen-bond donors (Lipinski definition) is 2. The minimum atomic E-state index is -0.870. The first-order valence-electron chi connectivity index (χ1n) is 7.05. The second-order valence-electron chi connectivity index (χ2n) is 6.04. The summed E-state index contributed by atoms with van der Waals surface area (Å²) in [5, 5.41) is 9.05. The van der Waals surface area contributed by atoms with Crippen molar-refractivity contribution in [3.8, 4) is 0 Å². The number of primary amides is 1. The van der Waals surface area contributed by atoms with Gasteiger partial charge >= 0.3 is 5.97 Å². The predicted molar refractivity (Wildman–Crippen MR) is 73.8 cm³/mol. The molecule has 1 saturated carbocycles. The molecule has 20 heavy (non-hydrogen) atoms. The van der Waals surface area contributed by atoms with Crippen molar-refractivity contribution in [1.82, 2.24) is 4.90 Å². The van der Waals surface area contributed by atoms with Crippen molar-refractivity contribution in [3.63, 3.8) is 0 Å². The van der Waals surface area contributed by atoms with Crippen LogP contribution in [0.3, 0.4) is 0 Å². The third kappa shape index (κ3) is 4.51. The standard InChI is InChI=1S/C14H24N2O4/c1-10(2)16(9-11(15)17)12(18)7-14(8-13(19)20)5-3-4-6-14/h10H,3-9H2,1-2H3,(H2,15,17)(H,19,20). The number of carboxylic acid groups (broad SMARTS) is 1. The fraction of sp³-hybridized carbons (Fsp3) is 0.786. The fourth-order valence-corrected chi connectivity index (χ4v) is 3.01. The van der Waals surface area contributed by atoms with E-state index in [1.54, 1.807) is 0 Å². The maximum atomic E-state index is 12.4. The number of aliphatic carboxylic acids is 1. The van der Waals surface area contributed by atoms with E-state index in [1.807, 2.05) is 13.8 Å². The van der Waals surface area contributed by atoms with E-state index in [0.717, 1.165) is 25.7 Å². The van der Waals surface area contributed by atoms with Gasteiger partial charge < -0.3 is 15.7 Å². The molecule has 0 aromatic heterocycles. The largest absolute Gasteiger partial charge is 0.481 e. The van der Waals surface area contributed by atoms with E-state index < -0.39 is 17.3 Å². The molecule has 0 saturated heterocycles. The SMILES string of the molecule is CC(C)N(CC(N)=O)C(=O)CC1(CC(=O)O)CCCC1. The summed E-state index contributed by atoms with van der Waals surface area (Å²) in [5.41, 5.74) is 4.71. The van der Waals surface area contributed by atoms with Gasteiger partial charge in [-0.1, -0.05) is 12.8 Å². The first kappa shape index (κ1) is 16.5. The zero-order chi connectivity index (χ0) is 15.3. The van der Waals surface area contributed by atoms with Gasteiger partial charge in [0.2, 0.25) is 11.8 Å². The van der Waals surface area contributed by atoms with Crippen LogP contribution in [0.5, 0.6) is 0 Å². The third-order valence-electron chi connectivity index (χ3n) is 3.99. The second-order valence-corrected chi connectivity index (χ2v) is 6.04. The molecule has 0 heterocycles. The zero-order valence-electron chi connectivity index (χ0n) is 12.2. The highest BCUT2D eigenvalue weighted by Gasteiger charge is 2.39. The van der Waals surface area contributed by atoms with Gasteiger partial charge in [0, 0.05) is 12.5 Å². The van der Waals surface area contributed by atoms with E-state index >= 15 is 0 Å². The summed E-state index contributed by atoms with van der Waals surface area (Å²) in [6, 6.07) is -0.127. The van der Waals surface area contributed by atoms with Crippen LogP contribution < -0.4 is 5.73 Å². The normalized spacial score (nSPS) is 17.1. The van der Waals surface area contributed by atoms with Crippen molar-refractivity contribution >= 4 is 17.8 Å². The van der Waals surface area contributed by atoms with Gasteiger partial charge in [0.1, 0.15) is 0 Å². The van der Waals surface area contributed by atoms with Crippen LogP contribution in [-0.2, 0) is 14.4 Å². The number of carbonyl (C=O) groups is 3. The van der Waals surface area contributed by atoms with Crippen molar-refractivity contribution in [3.05, 3.63) is 0 Å². The highest BCUT2D eigenvalue weighted by molar-refractivity contribution is 5.84. The fourth-order valence-electron chi connectivity index (χ4n) is 3.01. The molecule has 3 N–H and O–H groups in total. The number of carboxylic acids is 1. The lowest BCUT2D eigenvalue weighted by molar-refractivity contribution is -0.143. The predicted octanol–water partition coefficient (Wildman–Crippen LogP) is 1.13. The third-order valence-corrected chi connectivity index (χ3v) is 3.99. The van der Waals surface area contributed by atoms with Crippen molar-refractivity contribution in [2.75, 3.05) is 6.54 Å². The summed E-state index contributed by atoms with van der Waals surface area (Å²) in [4.78, 5) is 35.9. The van der Waals surface area contributed by atoms with Crippen LogP contribution in [0.4, 0.5) is 0 Å². The zero-order valence-corrected chi connectivity index (χ0v) is 12.2. The van der Waals surface area contributed by atoms with Crippen molar-refractivity contribution < 1.29 is 19.5 Å². The van der Waals surface area contributed by atoms with Gasteiger partial charge in [-0.15, -0.1) is 0 Å². The minimum Gasteiger partial charge on any atom is -0.481 e. The highest BCUT2D eigenvalue weighted by Crippen LogP contribution is 2.44. The maximum Gasteiger partial charge on any atom is 0.303 e. The van der Waals surface area contributed by atoms with Crippen LogP contribution in [0.15, 0.2) is 0 Å². The lowest BCUT2D eigenvalue weighted by Crippen LogP contribution is -2.44. The molecular formula is C14H24N2O4. The molecule has 0 spiro atoms. The summed E-state index contributed by atoms with van der Waals surface area (Å²) >= 11 is 0. The monoisotopic (exact) mass is 284 g/mol. The molecule has 6 nitrogen and oxygen atoms in total. The van der Waals surface area contributed by atoms with E-state index in [4.69, 9.17) is 10.8 Å². The summed E-state index contributed by atoms with van der Waals surface area (Å²) in [5.74, 6) is -1.60. The Hall–Kier alpha value is -1.59. The van der Waals surface area contributed by atoms with Gasteiger partial charge in [-0.2, -0.15) is 0 Å². The molecule has 0 atom stereocenters. The molecule has 0 aromatic rings. The molecule has 1 aliphatic rings. The minimum absolute atomic E-state index is 0.0151. The number of nitrogens with two attached hydrogens (primary N) is 1. The number of rotatable bonds is 7. The van der Waals surface area contributed by atoms with Crippen LogP contribution >= 0.6 is 0 Å². The van der Waals surface area contributed by atoms with E-state index in [0.29, 0.717) is 0 Å². The van der Waals surface area contributed by atoms with Crippen molar-refractivity contribution in [2.24, 2.45) is 11.1 Å². The van der Waals surface area contributed by atoms with Gasteiger partial charge in [-0.05, 0) is 32.1 Å². The average molecular weight is 284 g/mol. The first-order chi connectivity index (χ1) is 9.26. The van der Waals surface area contributed by atoms with E-state index in [-0.39, 0.29) is 31.3 Å². The van der Waals surface area contributed by atoms with E-state index in [2.05, 4.69) is 0 Å². The average Bonchev–Trinajstić information content (AvgIpc) is 2.72. The summed E-state index contributed by atoms with van der Waals surface area (Å²) in [6.45, 7) is 3.53. The highest BCUT2D eigenvalue weighted by atomic mass is 16.4. The molecule has 2 amide bonds. The van der Waals surface area contributed by atoms with Crippen LogP contribution in [-0.4, -0.2) is 40.4 Å². The van der Waals surface area contributed by atoms with Gasteiger partial charge in [-0.3, -0.25) is 14.4 Å². The van der Waals surface area contributed by atoms with Crippen LogP contribution in [0, 0.1) is 5.41 Å². The lowest BCUT2D eigenvalue weighted by Gasteiger charge is -2.32. The number of nitrogens with zero attached hydrogens (tertiary/aromatic N) is 1. The maximum absolute atomic E-state index is 12.4. The molecule has 1 rings (SSSR count). The van der Waals surface area contributed by atoms with Gasteiger partial charge in [-0.25, -0.2) is 0 Å². The number of amides is 2. The summed E-state index contributed by atoms with van der Waals surface area (Å²) in [6.07, 6.45) is 3.63. The molecule has 114 valence electrons. The Labute approximate surface area is 119 Å². The smallest absolute Gasteiger partial charge is 0.303 e. The molecule has 1 aliphatic carbocycles. The molecule has 0 radical (unpaired) electrons. The van der Waals surface area contributed by atoms with Crippen LogP contribution in [0.2, 0.25) is 0 Å². The Kier molecular flexibility index (Phi) is 5.53. The Morgan fingerprint density at radius 1 is 1.20 bits per heavy atom. The Morgan fingerprint density at radius 3 is 2.15 bits per heavy atom.